The molecule has 144 valence electrons. The number of thiazole rings is 1. The quantitative estimate of drug-likeness (QED) is 0.424. The SMILES string of the molecule is Cc1cc(NC(=O)c2sc(NC(=O)Nc3ccc(Cl)cc3)nc2C)ccc1Br. The molecule has 9 heteroatoms. The number of anilines is 3. The molecule has 0 aliphatic carbocycles. The Morgan fingerprint density at radius 1 is 1.00 bits per heavy atom. The van der Waals surface area contributed by atoms with Crippen molar-refractivity contribution in [2.75, 3.05) is 16.0 Å². The number of nitrogens with zero attached hydrogens (tertiary/aromatic N) is 1. The summed E-state index contributed by atoms with van der Waals surface area (Å²) in [4.78, 5) is 29.4. The average Bonchev–Trinajstić information content (AvgIpc) is 3.00. The molecule has 0 atom stereocenters. The van der Waals surface area contributed by atoms with Crippen LogP contribution in [0.3, 0.4) is 0 Å². The van der Waals surface area contributed by atoms with Crippen LogP contribution >= 0.6 is 38.9 Å². The van der Waals surface area contributed by atoms with Gasteiger partial charge < -0.3 is 10.6 Å². The third kappa shape index (κ3) is 5.09. The Bertz CT molecular complexity index is 1040. The van der Waals surface area contributed by atoms with E-state index in [2.05, 4.69) is 36.9 Å². The van der Waals surface area contributed by atoms with Crippen LogP contribution in [-0.4, -0.2) is 16.9 Å². The van der Waals surface area contributed by atoms with Crippen molar-refractivity contribution in [2.24, 2.45) is 0 Å². The van der Waals surface area contributed by atoms with Crippen LogP contribution in [0.2, 0.25) is 5.02 Å². The molecule has 3 amide bonds. The lowest BCUT2D eigenvalue weighted by molar-refractivity contribution is 0.103. The molecule has 1 aromatic heterocycles. The van der Waals surface area contributed by atoms with Crippen molar-refractivity contribution in [1.82, 2.24) is 4.98 Å². The fourth-order valence-corrected chi connectivity index (χ4v) is 3.59. The fraction of sp³-hybridized carbons (Fsp3) is 0.105. The van der Waals surface area contributed by atoms with Gasteiger partial charge in [0.2, 0.25) is 0 Å². The zero-order chi connectivity index (χ0) is 20.3. The summed E-state index contributed by atoms with van der Waals surface area (Å²) < 4.78 is 0.970. The van der Waals surface area contributed by atoms with Crippen molar-refractivity contribution in [3.8, 4) is 0 Å². The van der Waals surface area contributed by atoms with E-state index >= 15 is 0 Å². The van der Waals surface area contributed by atoms with E-state index in [0.29, 0.717) is 32.1 Å². The molecule has 0 aliphatic rings. The van der Waals surface area contributed by atoms with Crippen molar-refractivity contribution in [1.29, 1.82) is 0 Å². The predicted octanol–water partition coefficient (Wildman–Crippen LogP) is 6.07. The lowest BCUT2D eigenvalue weighted by Crippen LogP contribution is -2.19. The van der Waals surface area contributed by atoms with Gasteiger partial charge in [-0.25, -0.2) is 9.78 Å². The van der Waals surface area contributed by atoms with Gasteiger partial charge in [0, 0.05) is 20.9 Å². The molecule has 0 aliphatic heterocycles. The van der Waals surface area contributed by atoms with Crippen LogP contribution < -0.4 is 16.0 Å². The maximum Gasteiger partial charge on any atom is 0.325 e. The van der Waals surface area contributed by atoms with Crippen molar-refractivity contribution in [3.05, 3.63) is 68.1 Å². The number of benzene rings is 2. The molecule has 6 nitrogen and oxygen atoms in total. The first-order chi connectivity index (χ1) is 13.3. The zero-order valence-electron chi connectivity index (χ0n) is 15.0. The van der Waals surface area contributed by atoms with Gasteiger partial charge in [0.1, 0.15) is 4.88 Å². The lowest BCUT2D eigenvalue weighted by Gasteiger charge is -2.06. The second kappa shape index (κ2) is 8.72. The molecule has 0 saturated heterocycles. The first-order valence-corrected chi connectivity index (χ1v) is 10.2. The molecule has 2 aromatic carbocycles. The molecular weight excluding hydrogens is 464 g/mol. The van der Waals surface area contributed by atoms with E-state index < -0.39 is 6.03 Å². The number of carbonyl (C=O) groups is 2. The Labute approximate surface area is 179 Å². The van der Waals surface area contributed by atoms with E-state index in [-0.39, 0.29) is 5.91 Å². The number of amides is 3. The lowest BCUT2D eigenvalue weighted by atomic mass is 10.2. The number of carbonyl (C=O) groups excluding carboxylic acids is 2. The molecule has 0 saturated carbocycles. The summed E-state index contributed by atoms with van der Waals surface area (Å²) in [7, 11) is 0. The molecule has 28 heavy (non-hydrogen) atoms. The van der Waals surface area contributed by atoms with E-state index in [1.165, 1.54) is 0 Å². The number of halogens is 2. The van der Waals surface area contributed by atoms with Crippen LogP contribution in [0.15, 0.2) is 46.9 Å². The second-order valence-electron chi connectivity index (χ2n) is 5.94. The van der Waals surface area contributed by atoms with Crippen molar-refractivity contribution in [3.63, 3.8) is 0 Å². The third-order valence-electron chi connectivity index (χ3n) is 3.74. The van der Waals surface area contributed by atoms with Gasteiger partial charge in [0.15, 0.2) is 5.13 Å². The summed E-state index contributed by atoms with van der Waals surface area (Å²) in [5.41, 5.74) is 2.84. The van der Waals surface area contributed by atoms with E-state index in [0.717, 1.165) is 21.4 Å². The van der Waals surface area contributed by atoms with Gasteiger partial charge in [0.05, 0.1) is 5.69 Å². The van der Waals surface area contributed by atoms with Crippen LogP contribution in [0.1, 0.15) is 20.9 Å². The number of hydrogen-bond donors (Lipinski definition) is 3. The van der Waals surface area contributed by atoms with Crippen LogP contribution in [0.4, 0.5) is 21.3 Å². The molecule has 3 rings (SSSR count). The Morgan fingerprint density at radius 2 is 1.68 bits per heavy atom. The van der Waals surface area contributed by atoms with Crippen LogP contribution in [-0.2, 0) is 0 Å². The number of aryl methyl sites for hydroxylation is 2. The minimum absolute atomic E-state index is 0.275. The molecule has 0 bridgehead atoms. The fourth-order valence-electron chi connectivity index (χ4n) is 2.36. The molecular formula is C19H16BrClN4O2S. The van der Waals surface area contributed by atoms with E-state index in [1.54, 1.807) is 31.2 Å². The van der Waals surface area contributed by atoms with Gasteiger partial charge in [-0.3, -0.25) is 10.1 Å². The summed E-state index contributed by atoms with van der Waals surface area (Å²) in [6, 6.07) is 11.8. The van der Waals surface area contributed by atoms with Crippen molar-refractivity contribution >= 4 is 67.3 Å². The first-order valence-electron chi connectivity index (χ1n) is 8.20. The molecule has 0 radical (unpaired) electrons. The monoisotopic (exact) mass is 478 g/mol. The Morgan fingerprint density at radius 3 is 2.36 bits per heavy atom. The number of urea groups is 1. The van der Waals surface area contributed by atoms with Crippen LogP contribution in [0.5, 0.6) is 0 Å². The number of nitrogens with one attached hydrogen (secondary N) is 3. The molecule has 0 fully saturated rings. The Balaban J connectivity index is 1.66. The maximum absolute atomic E-state index is 12.6. The number of hydrogen-bond acceptors (Lipinski definition) is 4. The van der Waals surface area contributed by atoms with E-state index in [1.807, 2.05) is 25.1 Å². The standard InChI is InChI=1S/C19H16BrClN4O2S/c1-10-9-14(7-8-15(10)20)23-17(26)16-11(2)22-19(28-16)25-18(27)24-13-5-3-12(21)4-6-13/h3-9H,1-2H3,(H,23,26)(H2,22,24,25,27). The van der Waals surface area contributed by atoms with E-state index in [9.17, 15) is 9.59 Å². The van der Waals surface area contributed by atoms with Crippen molar-refractivity contribution in [2.45, 2.75) is 13.8 Å². The normalized spacial score (nSPS) is 10.4. The molecule has 0 spiro atoms. The van der Waals surface area contributed by atoms with Gasteiger partial charge in [-0.15, -0.1) is 0 Å². The maximum atomic E-state index is 12.6. The highest BCUT2D eigenvalue weighted by Gasteiger charge is 2.17. The summed E-state index contributed by atoms with van der Waals surface area (Å²) >= 11 is 10.4. The smallest absolute Gasteiger partial charge is 0.321 e. The summed E-state index contributed by atoms with van der Waals surface area (Å²) in [5.74, 6) is -0.275. The highest BCUT2D eigenvalue weighted by molar-refractivity contribution is 9.10. The van der Waals surface area contributed by atoms with Gasteiger partial charge >= 0.3 is 6.03 Å². The van der Waals surface area contributed by atoms with Gasteiger partial charge in [0.25, 0.3) is 5.91 Å². The molecule has 3 N–H and O–H groups in total. The minimum atomic E-state index is -0.452. The largest absolute Gasteiger partial charge is 0.325 e. The zero-order valence-corrected chi connectivity index (χ0v) is 18.1. The number of rotatable bonds is 4. The van der Waals surface area contributed by atoms with Crippen LogP contribution in [0, 0.1) is 13.8 Å². The van der Waals surface area contributed by atoms with Gasteiger partial charge in [-0.2, -0.15) is 0 Å². The molecule has 1 heterocycles. The second-order valence-corrected chi connectivity index (χ2v) is 8.23. The third-order valence-corrected chi connectivity index (χ3v) is 5.95. The minimum Gasteiger partial charge on any atom is -0.321 e. The molecule has 3 aromatic rings. The van der Waals surface area contributed by atoms with Gasteiger partial charge in [-0.05, 0) is 61.9 Å². The topological polar surface area (TPSA) is 83.1 Å². The summed E-state index contributed by atoms with van der Waals surface area (Å²) in [6.07, 6.45) is 0. The first kappa shape index (κ1) is 20.3. The predicted molar refractivity (Wildman–Crippen MR) is 118 cm³/mol. The highest BCUT2D eigenvalue weighted by Crippen LogP contribution is 2.25. The Hall–Kier alpha value is -2.42. The average molecular weight is 480 g/mol. The van der Waals surface area contributed by atoms with Gasteiger partial charge in [-0.1, -0.05) is 38.9 Å². The van der Waals surface area contributed by atoms with E-state index in [4.69, 9.17) is 11.6 Å². The highest BCUT2D eigenvalue weighted by atomic mass is 79.9. The number of aromatic nitrogens is 1. The van der Waals surface area contributed by atoms with Crippen LogP contribution in [0.25, 0.3) is 0 Å². The summed E-state index contributed by atoms with van der Waals surface area (Å²) in [6.45, 7) is 3.67. The Kier molecular flexibility index (Phi) is 6.33. The molecule has 0 unspecified atom stereocenters. The van der Waals surface area contributed by atoms with Crippen molar-refractivity contribution < 1.29 is 9.59 Å². The summed E-state index contributed by atoms with van der Waals surface area (Å²) in [5, 5.41) is 9.08.